The van der Waals surface area contributed by atoms with E-state index >= 15 is 0 Å². The number of carbonyl (C=O) groups is 4. The Balaban J connectivity index is 1.28. The first-order chi connectivity index (χ1) is 30.2. The summed E-state index contributed by atoms with van der Waals surface area (Å²) >= 11 is 0. The van der Waals surface area contributed by atoms with E-state index < -0.39 is 163 Å². The van der Waals surface area contributed by atoms with Crippen molar-refractivity contribution >= 4 is 23.7 Å². The Morgan fingerprint density at radius 1 is 0.641 bits per heavy atom. The third-order valence-corrected chi connectivity index (χ3v) is 10.2. The lowest BCUT2D eigenvalue weighted by molar-refractivity contribution is -0.276. The number of benzene rings is 5. The van der Waals surface area contributed by atoms with Gasteiger partial charge in [0.1, 0.15) is 41.3 Å². The predicted molar refractivity (Wildman–Crippen MR) is 208 cm³/mol. The summed E-state index contributed by atoms with van der Waals surface area (Å²) < 4.78 is 28.1. The predicted octanol–water partition coefficient (Wildman–Crippen LogP) is 2.72. The topological polar surface area (TPSA) is 377 Å². The molecule has 7 rings (SSSR count). The smallest absolute Gasteiger partial charge is 0.339 e. The molecule has 0 amide bonds. The number of aliphatic hydroxyl groups is 1. The van der Waals surface area contributed by atoms with Gasteiger partial charge in [0.25, 0.3) is 0 Å². The van der Waals surface area contributed by atoms with Crippen LogP contribution in [0, 0.1) is 0 Å². The third kappa shape index (κ3) is 8.03. The van der Waals surface area contributed by atoms with Gasteiger partial charge in [0.15, 0.2) is 64.3 Å². The standard InChI is InChI=1S/C42H34O22/c43-16-4-1-14(2-5-16)3-6-20(44)30-21(45)9-17(10-22(30)46)61-42-36(56)38(64-39(57)15-7-23(47)31(51)24(48)8-15)37-27(62-42)13-60-40(58)18-11-25(49)32(52)34(54)28(18)29-19(41(59)63-37)12-26(50)33(53)35(29)55/h1-2,4-5,7-12,27,36-38,42-43,45-56H,3,6,13H2/t27-,36-,37-,38-,42-/m1/s1. The Bertz CT molecular complexity index is 2680. The van der Waals surface area contributed by atoms with Crippen molar-refractivity contribution in [1.82, 2.24) is 0 Å². The molecule has 0 radical (unpaired) electrons. The molecule has 2 aliphatic heterocycles. The first-order valence-electron chi connectivity index (χ1n) is 18.5. The number of ketones is 1. The number of hydrogen-bond acceptors (Lipinski definition) is 22. The second-order valence-electron chi connectivity index (χ2n) is 14.3. The van der Waals surface area contributed by atoms with E-state index in [1.807, 2.05) is 0 Å². The molecule has 2 aliphatic rings. The summed E-state index contributed by atoms with van der Waals surface area (Å²) in [7, 11) is 0. The van der Waals surface area contributed by atoms with Crippen LogP contribution < -0.4 is 4.74 Å². The van der Waals surface area contributed by atoms with E-state index in [1.165, 1.54) is 12.1 Å². The van der Waals surface area contributed by atoms with Gasteiger partial charge in [-0.25, -0.2) is 14.4 Å². The quantitative estimate of drug-likeness (QED) is 0.0461. The minimum Gasteiger partial charge on any atom is -0.508 e. The normalized spacial score (nSPS) is 19.4. The van der Waals surface area contributed by atoms with Crippen molar-refractivity contribution in [1.29, 1.82) is 0 Å². The van der Waals surface area contributed by atoms with Crippen LogP contribution in [0.3, 0.4) is 0 Å². The molecular weight excluding hydrogens is 856 g/mol. The molecule has 0 aliphatic carbocycles. The summed E-state index contributed by atoms with van der Waals surface area (Å²) in [6.07, 6.45) is -10.8. The van der Waals surface area contributed by atoms with Crippen LogP contribution in [0.15, 0.2) is 60.7 Å². The van der Waals surface area contributed by atoms with Gasteiger partial charge < -0.3 is 90.1 Å². The number of phenolic OH excluding ortho intramolecular Hbond substituents is 12. The molecule has 0 saturated carbocycles. The number of carbonyl (C=O) groups excluding carboxylic acids is 4. The van der Waals surface area contributed by atoms with E-state index in [0.717, 1.165) is 12.1 Å². The molecule has 5 aromatic carbocycles. The summed E-state index contributed by atoms with van der Waals surface area (Å²) in [6, 6.07) is 9.93. The number of rotatable bonds is 8. The van der Waals surface area contributed by atoms with E-state index in [2.05, 4.69) is 0 Å². The van der Waals surface area contributed by atoms with Gasteiger partial charge in [-0.05, 0) is 48.4 Å². The van der Waals surface area contributed by atoms with Gasteiger partial charge in [-0.15, -0.1) is 0 Å². The number of esters is 3. The van der Waals surface area contributed by atoms with Gasteiger partial charge in [0.05, 0.1) is 16.7 Å². The van der Waals surface area contributed by atoms with Crippen LogP contribution in [0.2, 0.25) is 0 Å². The number of fused-ring (bicyclic) bond motifs is 4. The maximum Gasteiger partial charge on any atom is 0.339 e. The van der Waals surface area contributed by atoms with Crippen molar-refractivity contribution in [2.75, 3.05) is 6.61 Å². The molecule has 22 heteroatoms. The van der Waals surface area contributed by atoms with Crippen LogP contribution in [-0.2, 0) is 25.4 Å². The number of Topliss-reactive ketones (excluding diaryl/α,β-unsaturated/α-hetero) is 1. The number of aromatic hydroxyl groups is 12. The third-order valence-electron chi connectivity index (χ3n) is 10.2. The largest absolute Gasteiger partial charge is 0.508 e. The van der Waals surface area contributed by atoms with Crippen LogP contribution in [0.4, 0.5) is 0 Å². The summed E-state index contributed by atoms with van der Waals surface area (Å²) in [6.45, 7) is -1.07. The van der Waals surface area contributed by atoms with Gasteiger partial charge in [0.2, 0.25) is 17.8 Å². The number of aliphatic hydroxyl groups excluding tert-OH is 1. The van der Waals surface area contributed by atoms with Gasteiger partial charge in [0, 0.05) is 29.7 Å². The Hall–Kier alpha value is -8.50. The van der Waals surface area contributed by atoms with Crippen molar-refractivity contribution in [3.8, 4) is 85.9 Å². The fourth-order valence-electron chi connectivity index (χ4n) is 6.98. The maximum absolute atomic E-state index is 14.1. The molecule has 5 aromatic rings. The second-order valence-corrected chi connectivity index (χ2v) is 14.3. The van der Waals surface area contributed by atoms with Crippen LogP contribution in [0.25, 0.3) is 11.1 Å². The highest BCUT2D eigenvalue weighted by molar-refractivity contribution is 6.08. The number of hydrogen-bond donors (Lipinski definition) is 13. The van der Waals surface area contributed by atoms with Crippen LogP contribution in [-0.4, -0.2) is 127 Å². The lowest BCUT2D eigenvalue weighted by Crippen LogP contribution is -2.62. The van der Waals surface area contributed by atoms with Crippen LogP contribution in [0.5, 0.6) is 74.7 Å². The van der Waals surface area contributed by atoms with Crippen LogP contribution in [0.1, 0.15) is 53.4 Å². The van der Waals surface area contributed by atoms with E-state index in [-0.39, 0.29) is 18.6 Å². The molecule has 0 spiro atoms. The summed E-state index contributed by atoms with van der Waals surface area (Å²) in [5, 5.41) is 136. The molecule has 13 N–H and O–H groups in total. The number of cyclic esters (lactones) is 1. The molecular formula is C42H34O22. The molecule has 22 nitrogen and oxygen atoms in total. The van der Waals surface area contributed by atoms with Gasteiger partial charge in [-0.3, -0.25) is 4.79 Å². The molecule has 0 bridgehead atoms. The average molecular weight is 891 g/mol. The number of phenols is 12. The zero-order chi connectivity index (χ0) is 46.5. The fraction of sp³-hybridized carbons (Fsp3) is 0.190. The van der Waals surface area contributed by atoms with E-state index in [0.29, 0.717) is 29.8 Å². The minimum absolute atomic E-state index is 0.00571. The highest BCUT2D eigenvalue weighted by atomic mass is 16.7. The van der Waals surface area contributed by atoms with Crippen molar-refractivity contribution in [2.45, 2.75) is 43.5 Å². The SMILES string of the molecule is O=C(O[C@@H]1[C@@H](O)[C@H](Oc2cc(O)c(C(=O)CCc3ccc(O)cc3)c(O)c2)O[C@@H]2COC(=O)c3cc(O)c(O)c(O)c3-c3c(cc(O)c(O)c3O)C(=O)O[C@@H]12)c1cc(O)c(O)c(O)c1. The minimum atomic E-state index is -2.31. The molecule has 64 heavy (non-hydrogen) atoms. The number of aryl methyl sites for hydroxylation is 1. The molecule has 1 saturated heterocycles. The molecule has 5 atom stereocenters. The molecule has 0 aromatic heterocycles. The van der Waals surface area contributed by atoms with E-state index in [1.54, 1.807) is 12.1 Å². The van der Waals surface area contributed by atoms with Gasteiger partial charge >= 0.3 is 17.9 Å². The van der Waals surface area contributed by atoms with E-state index in [4.69, 9.17) is 23.7 Å². The molecule has 0 unspecified atom stereocenters. The van der Waals surface area contributed by atoms with Gasteiger partial charge in [-0.1, -0.05) is 12.1 Å². The van der Waals surface area contributed by atoms with Crippen molar-refractivity contribution < 1.29 is 109 Å². The number of ether oxygens (including phenoxy) is 5. The second kappa shape index (κ2) is 16.8. The Morgan fingerprint density at radius 2 is 1.17 bits per heavy atom. The summed E-state index contributed by atoms with van der Waals surface area (Å²) in [4.78, 5) is 54.5. The van der Waals surface area contributed by atoms with Crippen LogP contribution >= 0.6 is 0 Å². The zero-order valence-electron chi connectivity index (χ0n) is 32.3. The molecule has 334 valence electrons. The Morgan fingerprint density at radius 3 is 1.73 bits per heavy atom. The maximum atomic E-state index is 14.1. The molecule has 1 fully saturated rings. The lowest BCUT2D eigenvalue weighted by Gasteiger charge is -2.43. The Kier molecular flexibility index (Phi) is 11.4. The molecule has 2 heterocycles. The Labute approximate surface area is 357 Å². The first-order valence-corrected chi connectivity index (χ1v) is 18.5. The summed E-state index contributed by atoms with van der Waals surface area (Å²) in [5.41, 5.74) is -4.32. The fourth-order valence-corrected chi connectivity index (χ4v) is 6.98. The first kappa shape index (κ1) is 43.6. The highest BCUT2D eigenvalue weighted by Gasteiger charge is 2.52. The zero-order valence-corrected chi connectivity index (χ0v) is 32.3. The average Bonchev–Trinajstić information content (AvgIpc) is 3.25. The summed E-state index contributed by atoms with van der Waals surface area (Å²) in [5.74, 6) is -18.1. The highest BCUT2D eigenvalue weighted by Crippen LogP contribution is 2.53. The monoisotopic (exact) mass is 890 g/mol. The van der Waals surface area contributed by atoms with Gasteiger partial charge in [-0.2, -0.15) is 0 Å². The lowest BCUT2D eigenvalue weighted by atomic mass is 9.92. The van der Waals surface area contributed by atoms with Crippen molar-refractivity contribution in [2.24, 2.45) is 0 Å². The van der Waals surface area contributed by atoms with Crippen molar-refractivity contribution in [3.63, 3.8) is 0 Å². The van der Waals surface area contributed by atoms with Crippen molar-refractivity contribution in [3.05, 3.63) is 88.5 Å². The van der Waals surface area contributed by atoms with E-state index in [9.17, 15) is 85.6 Å².